The van der Waals surface area contributed by atoms with Crippen LogP contribution in [0.4, 0.5) is 0 Å². The summed E-state index contributed by atoms with van der Waals surface area (Å²) in [5.74, 6) is -0.559. The maximum absolute atomic E-state index is 10.0. The quantitative estimate of drug-likeness (QED) is 0.723. The summed E-state index contributed by atoms with van der Waals surface area (Å²) >= 11 is 5.68. The zero-order valence-corrected chi connectivity index (χ0v) is 7.58. The van der Waals surface area contributed by atoms with Crippen LogP contribution in [-0.2, 0) is 4.79 Å². The van der Waals surface area contributed by atoms with Gasteiger partial charge in [-0.1, -0.05) is 17.7 Å². The lowest BCUT2D eigenvalue weighted by Crippen LogP contribution is -2.24. The predicted octanol–water partition coefficient (Wildman–Crippen LogP) is 0.859. The van der Waals surface area contributed by atoms with Crippen LogP contribution in [0.25, 0.3) is 0 Å². The van der Waals surface area contributed by atoms with Gasteiger partial charge < -0.3 is 14.6 Å². The highest BCUT2D eigenvalue weighted by atomic mass is 35.5. The van der Waals surface area contributed by atoms with Gasteiger partial charge in [-0.05, 0) is 18.2 Å². The van der Waals surface area contributed by atoms with Crippen molar-refractivity contribution in [1.29, 1.82) is 0 Å². The first-order valence-corrected chi connectivity index (χ1v) is 4.14. The van der Waals surface area contributed by atoms with Crippen molar-refractivity contribution in [3.8, 4) is 5.75 Å². The molecule has 0 atom stereocenters. The molecule has 0 heterocycles. The zero-order chi connectivity index (χ0) is 9.68. The van der Waals surface area contributed by atoms with Gasteiger partial charge in [0, 0.05) is 17.4 Å². The number of hydrogen-bond donors (Lipinski definition) is 0. The van der Waals surface area contributed by atoms with Crippen LogP contribution in [0.3, 0.4) is 0 Å². The molecule has 0 amide bonds. The van der Waals surface area contributed by atoms with Crippen molar-refractivity contribution in [2.24, 2.45) is 0 Å². The van der Waals surface area contributed by atoms with Crippen molar-refractivity contribution >= 4 is 17.6 Å². The molecule has 0 unspecified atom stereocenters. The molecule has 1 aromatic rings. The Kier molecular flexibility index (Phi) is 3.58. The average Bonchev–Trinajstić information content (AvgIpc) is 2.03. The van der Waals surface area contributed by atoms with Crippen LogP contribution >= 0.6 is 11.6 Å². The number of carboxylic acid groups (broad SMARTS) is 1. The minimum atomic E-state index is -1.12. The summed E-state index contributed by atoms with van der Waals surface area (Å²) < 4.78 is 5.09. The summed E-state index contributed by atoms with van der Waals surface area (Å²) in [6.07, 6.45) is -0.119. The largest absolute Gasteiger partial charge is 0.550 e. The molecule has 0 spiro atoms. The maximum atomic E-state index is 10.0. The Labute approximate surface area is 80.9 Å². The lowest BCUT2D eigenvalue weighted by molar-refractivity contribution is -0.306. The van der Waals surface area contributed by atoms with E-state index in [0.717, 1.165) is 0 Å². The van der Waals surface area contributed by atoms with Gasteiger partial charge in [0.1, 0.15) is 5.75 Å². The summed E-state index contributed by atoms with van der Waals surface area (Å²) in [7, 11) is 0. The van der Waals surface area contributed by atoms with Gasteiger partial charge in [0.05, 0.1) is 6.61 Å². The van der Waals surface area contributed by atoms with E-state index < -0.39 is 5.97 Å². The second kappa shape index (κ2) is 4.72. The van der Waals surface area contributed by atoms with E-state index in [1.54, 1.807) is 24.3 Å². The lowest BCUT2D eigenvalue weighted by atomic mass is 10.3. The van der Waals surface area contributed by atoms with E-state index >= 15 is 0 Å². The molecule has 0 saturated heterocycles. The monoisotopic (exact) mass is 199 g/mol. The number of benzene rings is 1. The van der Waals surface area contributed by atoms with E-state index in [-0.39, 0.29) is 13.0 Å². The fourth-order valence-corrected chi connectivity index (χ4v) is 0.989. The number of halogens is 1. The first-order chi connectivity index (χ1) is 6.18. The van der Waals surface area contributed by atoms with Crippen LogP contribution in [0.2, 0.25) is 5.02 Å². The maximum Gasteiger partial charge on any atom is 0.120 e. The van der Waals surface area contributed by atoms with E-state index in [2.05, 4.69) is 0 Å². The van der Waals surface area contributed by atoms with Gasteiger partial charge in [-0.3, -0.25) is 0 Å². The van der Waals surface area contributed by atoms with Gasteiger partial charge in [-0.15, -0.1) is 0 Å². The van der Waals surface area contributed by atoms with Gasteiger partial charge in [-0.25, -0.2) is 0 Å². The molecular weight excluding hydrogens is 192 g/mol. The molecule has 1 rings (SSSR count). The Balaban J connectivity index is 2.41. The zero-order valence-electron chi connectivity index (χ0n) is 6.83. The van der Waals surface area contributed by atoms with Crippen molar-refractivity contribution in [3.05, 3.63) is 29.3 Å². The third-order valence-corrected chi connectivity index (χ3v) is 1.61. The Bertz CT molecular complexity index is 299. The number of aliphatic carboxylic acids is 1. The molecule has 0 N–H and O–H groups in total. The van der Waals surface area contributed by atoms with Crippen molar-refractivity contribution < 1.29 is 14.6 Å². The Morgan fingerprint density at radius 3 is 2.92 bits per heavy atom. The van der Waals surface area contributed by atoms with E-state index in [1.807, 2.05) is 0 Å². The summed E-state index contributed by atoms with van der Waals surface area (Å²) in [6, 6.07) is 6.78. The molecule has 0 aromatic heterocycles. The van der Waals surface area contributed by atoms with Gasteiger partial charge >= 0.3 is 0 Å². The van der Waals surface area contributed by atoms with E-state index in [1.165, 1.54) is 0 Å². The molecule has 70 valence electrons. The molecule has 0 aliphatic carbocycles. The fourth-order valence-electron chi connectivity index (χ4n) is 0.809. The number of ether oxygens (including phenoxy) is 1. The highest BCUT2D eigenvalue weighted by molar-refractivity contribution is 6.30. The van der Waals surface area contributed by atoms with Crippen molar-refractivity contribution in [2.45, 2.75) is 6.42 Å². The Morgan fingerprint density at radius 1 is 1.54 bits per heavy atom. The molecule has 0 aliphatic rings. The first-order valence-electron chi connectivity index (χ1n) is 3.76. The summed E-state index contributed by atoms with van der Waals surface area (Å²) in [4.78, 5) is 10.0. The second-order valence-electron chi connectivity index (χ2n) is 2.43. The van der Waals surface area contributed by atoms with Crippen LogP contribution in [0.5, 0.6) is 5.75 Å². The van der Waals surface area contributed by atoms with Crippen LogP contribution in [0.1, 0.15) is 6.42 Å². The number of carbonyl (C=O) groups is 1. The van der Waals surface area contributed by atoms with Crippen LogP contribution in [0, 0.1) is 0 Å². The third kappa shape index (κ3) is 3.80. The Hall–Kier alpha value is -1.22. The fraction of sp³-hybridized carbons (Fsp3) is 0.222. The molecule has 0 aliphatic heterocycles. The minimum absolute atomic E-state index is 0.0999. The topological polar surface area (TPSA) is 49.4 Å². The predicted molar refractivity (Wildman–Crippen MR) is 46.6 cm³/mol. The number of carboxylic acids is 1. The molecule has 0 fully saturated rings. The van der Waals surface area contributed by atoms with Gasteiger partial charge in [0.2, 0.25) is 0 Å². The summed E-state index contributed by atoms with van der Waals surface area (Å²) in [6.45, 7) is 0.0999. The summed E-state index contributed by atoms with van der Waals surface area (Å²) in [5.41, 5.74) is 0. The average molecular weight is 200 g/mol. The van der Waals surface area contributed by atoms with Crippen molar-refractivity contribution in [3.63, 3.8) is 0 Å². The van der Waals surface area contributed by atoms with Crippen LogP contribution in [-0.4, -0.2) is 12.6 Å². The van der Waals surface area contributed by atoms with Crippen molar-refractivity contribution in [1.82, 2.24) is 0 Å². The normalized spacial score (nSPS) is 9.62. The molecule has 0 saturated carbocycles. The van der Waals surface area contributed by atoms with Gasteiger partial charge in [0.15, 0.2) is 0 Å². The molecule has 0 radical (unpaired) electrons. The van der Waals surface area contributed by atoms with E-state index in [4.69, 9.17) is 16.3 Å². The van der Waals surface area contributed by atoms with Crippen LogP contribution in [0.15, 0.2) is 24.3 Å². The molecular formula is C9H8ClO3-. The van der Waals surface area contributed by atoms with E-state index in [9.17, 15) is 9.90 Å². The smallest absolute Gasteiger partial charge is 0.120 e. The van der Waals surface area contributed by atoms with Crippen molar-refractivity contribution in [2.75, 3.05) is 6.61 Å². The SMILES string of the molecule is O=C([O-])CCOc1cccc(Cl)c1. The second-order valence-corrected chi connectivity index (χ2v) is 2.86. The van der Waals surface area contributed by atoms with E-state index in [0.29, 0.717) is 10.8 Å². The standard InChI is InChI=1S/C9H9ClO3/c10-7-2-1-3-8(6-7)13-5-4-9(11)12/h1-3,6H,4-5H2,(H,11,12)/p-1. The summed E-state index contributed by atoms with van der Waals surface area (Å²) in [5, 5.41) is 10.6. The molecule has 13 heavy (non-hydrogen) atoms. The van der Waals surface area contributed by atoms with Gasteiger partial charge in [-0.2, -0.15) is 0 Å². The first kappa shape index (κ1) is 9.86. The number of carbonyl (C=O) groups excluding carboxylic acids is 1. The molecule has 1 aromatic carbocycles. The number of hydrogen-bond acceptors (Lipinski definition) is 3. The number of rotatable bonds is 4. The molecule has 0 bridgehead atoms. The van der Waals surface area contributed by atoms with Gasteiger partial charge in [0.25, 0.3) is 0 Å². The molecule has 3 nitrogen and oxygen atoms in total. The highest BCUT2D eigenvalue weighted by Gasteiger charge is 1.94. The minimum Gasteiger partial charge on any atom is -0.550 e. The highest BCUT2D eigenvalue weighted by Crippen LogP contribution is 2.16. The van der Waals surface area contributed by atoms with Crippen LogP contribution < -0.4 is 9.84 Å². The third-order valence-electron chi connectivity index (χ3n) is 1.37. The Morgan fingerprint density at radius 2 is 2.31 bits per heavy atom. The molecule has 4 heteroatoms. The lowest BCUT2D eigenvalue weighted by Gasteiger charge is -2.06.